The highest BCUT2D eigenvalue weighted by molar-refractivity contribution is 5.98. The van der Waals surface area contributed by atoms with Crippen molar-refractivity contribution in [2.75, 3.05) is 5.73 Å². The number of nitriles is 1. The second-order valence-electron chi connectivity index (χ2n) is 14.5. The zero-order valence-corrected chi connectivity index (χ0v) is 30.5. The monoisotopic (exact) mass is 732 g/mol. The van der Waals surface area contributed by atoms with Crippen molar-refractivity contribution >= 4 is 27.8 Å². The molecule has 6 heterocycles. The molecule has 0 aliphatic heterocycles. The van der Waals surface area contributed by atoms with E-state index in [0.29, 0.717) is 39.9 Å². The highest BCUT2D eigenvalue weighted by Crippen LogP contribution is 2.47. The Bertz CT molecular complexity index is 2940. The van der Waals surface area contributed by atoms with E-state index in [9.17, 15) is 14.9 Å². The van der Waals surface area contributed by atoms with Gasteiger partial charge >= 0.3 is 11.4 Å². The van der Waals surface area contributed by atoms with E-state index >= 15 is 0 Å². The van der Waals surface area contributed by atoms with Crippen molar-refractivity contribution in [3.8, 4) is 50.6 Å². The van der Waals surface area contributed by atoms with E-state index in [1.165, 1.54) is 0 Å². The predicted octanol–water partition coefficient (Wildman–Crippen LogP) is 7.59. The van der Waals surface area contributed by atoms with Crippen molar-refractivity contribution in [2.24, 2.45) is 0 Å². The average molecular weight is 733 g/mol. The molecule has 14 nitrogen and oxygen atoms in total. The van der Waals surface area contributed by atoms with E-state index < -0.39 is 0 Å². The van der Waals surface area contributed by atoms with Crippen LogP contribution in [0.15, 0.2) is 67.4 Å². The third kappa shape index (κ3) is 6.09. The number of H-pyrrole nitrogens is 4. The topological polar surface area (TPSA) is 225 Å². The molecule has 0 atom stereocenters. The molecule has 0 unspecified atom stereocenters. The van der Waals surface area contributed by atoms with Crippen LogP contribution in [0, 0.1) is 39.0 Å². The molecule has 8 aromatic rings. The summed E-state index contributed by atoms with van der Waals surface area (Å²) < 4.78 is 10.7. The fourth-order valence-electron chi connectivity index (χ4n) is 7.61. The molecule has 2 aromatic carbocycles. The molecule has 0 bridgehead atoms. The molecule has 274 valence electrons. The minimum absolute atomic E-state index is 0.244. The summed E-state index contributed by atoms with van der Waals surface area (Å²) in [7, 11) is 0. The maximum atomic E-state index is 12.0. The number of hydrogen-bond donors (Lipinski definition) is 5. The van der Waals surface area contributed by atoms with E-state index in [1.807, 2.05) is 58.0 Å². The third-order valence-corrected chi connectivity index (χ3v) is 10.4. The summed E-state index contributed by atoms with van der Waals surface area (Å²) in [6.07, 6.45) is 7.74. The van der Waals surface area contributed by atoms with Crippen LogP contribution in [0.5, 0.6) is 0 Å². The van der Waals surface area contributed by atoms with E-state index in [2.05, 4.69) is 52.4 Å². The molecule has 2 fully saturated rings. The van der Waals surface area contributed by atoms with Crippen LogP contribution in [0.4, 0.5) is 5.69 Å². The molecular weight excluding hydrogens is 697 g/mol. The summed E-state index contributed by atoms with van der Waals surface area (Å²) in [5.41, 5.74) is 20.4. The molecule has 6 N–H and O–H groups in total. The maximum Gasteiger partial charge on any atom is 0.323 e. The summed E-state index contributed by atoms with van der Waals surface area (Å²) in [6, 6.07) is 13.9. The van der Waals surface area contributed by atoms with Gasteiger partial charge in [-0.3, -0.25) is 9.97 Å². The Morgan fingerprint density at radius 3 is 1.56 bits per heavy atom. The molecule has 0 amide bonds. The van der Waals surface area contributed by atoms with Crippen LogP contribution < -0.4 is 17.1 Å². The van der Waals surface area contributed by atoms with Crippen molar-refractivity contribution < 1.29 is 9.05 Å². The molecule has 14 heteroatoms. The Kier molecular flexibility index (Phi) is 7.89. The number of fused-ring (bicyclic) bond motifs is 2. The van der Waals surface area contributed by atoms with Crippen molar-refractivity contribution in [3.63, 3.8) is 0 Å². The number of aryl methyl sites for hydroxylation is 4. The molecule has 0 saturated heterocycles. The van der Waals surface area contributed by atoms with Gasteiger partial charge in [-0.1, -0.05) is 10.3 Å². The van der Waals surface area contributed by atoms with Crippen LogP contribution in [0.3, 0.4) is 0 Å². The lowest BCUT2D eigenvalue weighted by molar-refractivity contribution is 0.393. The summed E-state index contributed by atoms with van der Waals surface area (Å²) in [4.78, 5) is 44.8. The van der Waals surface area contributed by atoms with Crippen molar-refractivity contribution in [1.82, 2.24) is 40.2 Å². The zero-order chi connectivity index (χ0) is 38.1. The highest BCUT2D eigenvalue weighted by Gasteiger charge is 2.31. The zero-order valence-electron chi connectivity index (χ0n) is 30.5. The van der Waals surface area contributed by atoms with Crippen LogP contribution in [-0.2, 0) is 0 Å². The van der Waals surface area contributed by atoms with Crippen molar-refractivity contribution in [2.45, 2.75) is 65.2 Å². The van der Waals surface area contributed by atoms with Crippen LogP contribution in [-0.4, -0.2) is 40.2 Å². The van der Waals surface area contributed by atoms with Crippen LogP contribution >= 0.6 is 0 Å². The predicted molar refractivity (Wildman–Crippen MR) is 207 cm³/mol. The number of aromatic amines is 4. The summed E-state index contributed by atoms with van der Waals surface area (Å²) >= 11 is 0. The molecule has 2 aliphatic carbocycles. The van der Waals surface area contributed by atoms with Gasteiger partial charge in [0.15, 0.2) is 0 Å². The molecule has 6 aromatic heterocycles. The van der Waals surface area contributed by atoms with Gasteiger partial charge in [-0.15, -0.1) is 0 Å². The van der Waals surface area contributed by atoms with Gasteiger partial charge in [0.2, 0.25) is 0 Å². The van der Waals surface area contributed by atoms with Gasteiger partial charge in [-0.05, 0) is 101 Å². The molecular formula is C41H36N10O4. The minimum Gasteiger partial charge on any atom is -0.397 e. The van der Waals surface area contributed by atoms with E-state index in [4.69, 9.17) is 14.8 Å². The summed E-state index contributed by atoms with van der Waals surface area (Å²) in [6.45, 7) is 7.56. The Balaban J connectivity index is 0.000000144. The second-order valence-corrected chi connectivity index (χ2v) is 14.5. The lowest BCUT2D eigenvalue weighted by Gasteiger charge is -2.12. The van der Waals surface area contributed by atoms with Crippen molar-refractivity contribution in [1.29, 1.82) is 5.26 Å². The fourth-order valence-corrected chi connectivity index (χ4v) is 7.61. The molecule has 55 heavy (non-hydrogen) atoms. The van der Waals surface area contributed by atoms with Gasteiger partial charge in [0.25, 0.3) is 0 Å². The van der Waals surface area contributed by atoms with Gasteiger partial charge < -0.3 is 34.7 Å². The van der Waals surface area contributed by atoms with Gasteiger partial charge in [0, 0.05) is 51.4 Å². The largest absolute Gasteiger partial charge is 0.397 e. The number of nitrogens with zero attached hydrogens (tertiary/aromatic N) is 5. The number of nitrogens with one attached hydrogen (secondary N) is 4. The first-order valence-corrected chi connectivity index (χ1v) is 18.1. The number of rotatable bonds is 6. The fraction of sp³-hybridized carbons (Fsp3) is 0.244. The Labute approximate surface area is 312 Å². The first-order chi connectivity index (χ1) is 26.6. The normalized spacial score (nSPS) is 13.9. The summed E-state index contributed by atoms with van der Waals surface area (Å²) in [5, 5.41) is 17.5. The molecule has 0 radical (unpaired) electrons. The molecule has 2 aliphatic rings. The number of hydrogen-bond acceptors (Lipinski definition) is 10. The van der Waals surface area contributed by atoms with Crippen LogP contribution in [0.25, 0.3) is 66.6 Å². The second kappa shape index (κ2) is 12.8. The number of nitrogen functional groups attached to an aromatic ring is 1. The van der Waals surface area contributed by atoms with Crippen molar-refractivity contribution in [3.05, 3.63) is 110 Å². The number of benzene rings is 2. The van der Waals surface area contributed by atoms with E-state index in [-0.39, 0.29) is 11.4 Å². The SMILES string of the molecule is Cc1noc(C)c1-c1cc(-c2cc(C#N)cnc2C2CC2)c2[nH]c(=O)[nH]c2c1.Cc1noc(C)c1-c1cc(-c2cc(N)cnc2C2CC2)c2[nH]c(=O)[nH]c2c1. The third-order valence-electron chi connectivity index (χ3n) is 10.4. The van der Waals surface area contributed by atoms with Gasteiger partial charge in [0.05, 0.1) is 62.3 Å². The number of imidazole rings is 2. The lowest BCUT2D eigenvalue weighted by atomic mass is 9.94. The van der Waals surface area contributed by atoms with Gasteiger partial charge in [0.1, 0.15) is 17.6 Å². The van der Waals surface area contributed by atoms with Crippen LogP contribution in [0.1, 0.15) is 77.4 Å². The maximum absolute atomic E-state index is 12.0. The average Bonchev–Trinajstić information content (AvgIpc) is 4.06. The Hall–Kier alpha value is -7.01. The standard InChI is InChI=1S/C21H17N5O2.C20H19N5O2/c1-10-18(11(2)28-26-10)14-6-16(20-17(7-14)24-21(27)25-20)15-5-12(8-22)9-23-19(15)13-3-4-13;1-9-17(10(2)27-25-9)12-5-14(19-16(6-12)23-20(26)24-19)15-7-13(21)8-22-18(15)11-3-4-11/h5-7,9,13H,3-4H2,1-2H3,(H2,24,25,27);5-8,11H,3-4,21H2,1-2H3,(H2,23,24,26). The van der Waals surface area contributed by atoms with Crippen LogP contribution in [0.2, 0.25) is 0 Å². The first-order valence-electron chi connectivity index (χ1n) is 18.1. The first kappa shape index (κ1) is 33.8. The van der Waals surface area contributed by atoms with E-state index in [0.717, 1.165) is 110 Å². The Morgan fingerprint density at radius 2 is 1.13 bits per heavy atom. The lowest BCUT2D eigenvalue weighted by Crippen LogP contribution is -2.00. The number of aromatic nitrogens is 8. The van der Waals surface area contributed by atoms with Gasteiger partial charge in [-0.2, -0.15) is 5.26 Å². The molecule has 0 spiro atoms. The van der Waals surface area contributed by atoms with E-state index in [1.54, 1.807) is 12.4 Å². The molecule has 10 rings (SSSR count). The quantitative estimate of drug-likeness (QED) is 0.113. The smallest absolute Gasteiger partial charge is 0.323 e. The minimum atomic E-state index is -0.274. The Morgan fingerprint density at radius 1 is 0.655 bits per heavy atom. The molecule has 2 saturated carbocycles. The number of anilines is 1. The van der Waals surface area contributed by atoms with Gasteiger partial charge in [-0.25, -0.2) is 9.59 Å². The number of nitrogens with two attached hydrogens (primary N) is 1. The summed E-state index contributed by atoms with van der Waals surface area (Å²) in [5.74, 6) is 2.30. The highest BCUT2D eigenvalue weighted by atomic mass is 16.5. The number of pyridine rings is 2.